The van der Waals surface area contributed by atoms with Gasteiger partial charge in [-0.1, -0.05) is 0 Å². The second-order valence-corrected chi connectivity index (χ2v) is 3.01. The predicted octanol–water partition coefficient (Wildman–Crippen LogP) is 1.68. The molecule has 0 aromatic heterocycles. The van der Waals surface area contributed by atoms with E-state index in [0.717, 1.165) is 6.07 Å². The van der Waals surface area contributed by atoms with Crippen molar-refractivity contribution in [1.82, 2.24) is 0 Å². The third-order valence-corrected chi connectivity index (χ3v) is 1.93. The van der Waals surface area contributed by atoms with Crippen molar-refractivity contribution in [2.75, 3.05) is 5.32 Å². The summed E-state index contributed by atoms with van der Waals surface area (Å²) in [5.74, 6) is -2.09. The molecule has 1 amide bonds. The van der Waals surface area contributed by atoms with E-state index in [4.69, 9.17) is 4.74 Å². The standard InChI is InChI=1S/C9H7F2NO2/c1-4-9(13)12-7-3-5(10)2-6(11)8(7)14-4/h2-4H,1H3,(H,12,13). The molecule has 0 spiro atoms. The van der Waals surface area contributed by atoms with Crippen LogP contribution in [0.5, 0.6) is 5.75 Å². The Hall–Kier alpha value is -1.65. The van der Waals surface area contributed by atoms with E-state index in [0.29, 0.717) is 6.07 Å². The zero-order valence-electron chi connectivity index (χ0n) is 7.30. The number of carbonyl (C=O) groups is 1. The summed E-state index contributed by atoms with van der Waals surface area (Å²) in [7, 11) is 0. The molecule has 5 heteroatoms. The van der Waals surface area contributed by atoms with Gasteiger partial charge in [0.1, 0.15) is 5.82 Å². The van der Waals surface area contributed by atoms with Crippen molar-refractivity contribution in [2.24, 2.45) is 0 Å². The van der Waals surface area contributed by atoms with Gasteiger partial charge in [0.2, 0.25) is 0 Å². The molecule has 1 atom stereocenters. The number of carbonyl (C=O) groups excluding carboxylic acids is 1. The van der Waals surface area contributed by atoms with E-state index < -0.39 is 23.6 Å². The van der Waals surface area contributed by atoms with Crippen LogP contribution >= 0.6 is 0 Å². The fourth-order valence-corrected chi connectivity index (χ4v) is 1.24. The van der Waals surface area contributed by atoms with Crippen LogP contribution in [0.15, 0.2) is 12.1 Å². The quantitative estimate of drug-likeness (QED) is 0.690. The van der Waals surface area contributed by atoms with E-state index in [-0.39, 0.29) is 11.4 Å². The maximum atomic E-state index is 13.1. The van der Waals surface area contributed by atoms with Gasteiger partial charge < -0.3 is 10.1 Å². The van der Waals surface area contributed by atoms with Gasteiger partial charge in [0.15, 0.2) is 17.7 Å². The van der Waals surface area contributed by atoms with Crippen LogP contribution in [0.1, 0.15) is 6.92 Å². The molecule has 2 rings (SSSR count). The van der Waals surface area contributed by atoms with Crippen LogP contribution in [-0.4, -0.2) is 12.0 Å². The van der Waals surface area contributed by atoms with E-state index in [2.05, 4.69) is 5.32 Å². The molecule has 74 valence electrons. The minimum absolute atomic E-state index is 0.0330. The van der Waals surface area contributed by atoms with Crippen LogP contribution in [0, 0.1) is 11.6 Å². The number of fused-ring (bicyclic) bond motifs is 1. The maximum Gasteiger partial charge on any atom is 0.265 e. The molecular formula is C9H7F2NO2. The van der Waals surface area contributed by atoms with Crippen molar-refractivity contribution >= 4 is 11.6 Å². The molecule has 1 N–H and O–H groups in total. The molecule has 1 aliphatic rings. The molecular weight excluding hydrogens is 192 g/mol. The van der Waals surface area contributed by atoms with Crippen LogP contribution in [0.2, 0.25) is 0 Å². The molecule has 0 aliphatic carbocycles. The lowest BCUT2D eigenvalue weighted by Crippen LogP contribution is -2.34. The normalized spacial score (nSPS) is 19.6. The van der Waals surface area contributed by atoms with Crippen LogP contribution < -0.4 is 10.1 Å². The molecule has 1 aliphatic heterocycles. The Bertz CT molecular complexity index is 406. The van der Waals surface area contributed by atoms with Gasteiger partial charge in [-0.25, -0.2) is 8.78 Å². The first-order chi connectivity index (χ1) is 6.58. The summed E-state index contributed by atoms with van der Waals surface area (Å²) < 4.78 is 30.8. The topological polar surface area (TPSA) is 38.3 Å². The highest BCUT2D eigenvalue weighted by molar-refractivity contribution is 5.97. The van der Waals surface area contributed by atoms with Gasteiger partial charge >= 0.3 is 0 Å². The Kier molecular flexibility index (Phi) is 1.87. The molecule has 0 fully saturated rings. The highest BCUT2D eigenvalue weighted by Gasteiger charge is 2.26. The third-order valence-electron chi connectivity index (χ3n) is 1.93. The minimum Gasteiger partial charge on any atom is -0.476 e. The Morgan fingerprint density at radius 3 is 2.86 bits per heavy atom. The Balaban J connectivity index is 2.51. The third kappa shape index (κ3) is 1.30. The molecule has 0 bridgehead atoms. The average molecular weight is 199 g/mol. The molecule has 3 nitrogen and oxygen atoms in total. The lowest BCUT2D eigenvalue weighted by atomic mass is 10.2. The average Bonchev–Trinajstić information content (AvgIpc) is 2.08. The van der Waals surface area contributed by atoms with Gasteiger partial charge in [-0.05, 0) is 6.92 Å². The Morgan fingerprint density at radius 2 is 2.14 bits per heavy atom. The number of ether oxygens (including phenoxy) is 1. The van der Waals surface area contributed by atoms with E-state index in [1.807, 2.05) is 0 Å². The number of amides is 1. The maximum absolute atomic E-state index is 13.1. The molecule has 1 aromatic carbocycles. The molecule has 14 heavy (non-hydrogen) atoms. The fourth-order valence-electron chi connectivity index (χ4n) is 1.24. The summed E-state index contributed by atoms with van der Waals surface area (Å²) in [5.41, 5.74) is 0.0330. The first kappa shape index (κ1) is 8.93. The lowest BCUT2D eigenvalue weighted by Gasteiger charge is -2.23. The summed E-state index contributed by atoms with van der Waals surface area (Å²) >= 11 is 0. The lowest BCUT2D eigenvalue weighted by molar-refractivity contribution is -0.122. The molecule has 1 heterocycles. The van der Waals surface area contributed by atoms with Gasteiger partial charge in [-0.2, -0.15) is 0 Å². The predicted molar refractivity (Wildman–Crippen MR) is 45.1 cm³/mol. The first-order valence-electron chi connectivity index (χ1n) is 4.04. The summed E-state index contributed by atoms with van der Waals surface area (Å²) in [6, 6.07) is 1.73. The van der Waals surface area contributed by atoms with E-state index in [1.54, 1.807) is 0 Å². The van der Waals surface area contributed by atoms with Crippen molar-refractivity contribution in [1.29, 1.82) is 0 Å². The zero-order valence-corrected chi connectivity index (χ0v) is 7.30. The van der Waals surface area contributed by atoms with Crippen LogP contribution in [0.4, 0.5) is 14.5 Å². The van der Waals surface area contributed by atoms with Gasteiger partial charge in [0, 0.05) is 12.1 Å². The Labute approximate surface area is 78.7 Å². The summed E-state index contributed by atoms with van der Waals surface area (Å²) in [4.78, 5) is 11.1. The largest absolute Gasteiger partial charge is 0.476 e. The number of anilines is 1. The Morgan fingerprint density at radius 1 is 1.43 bits per heavy atom. The van der Waals surface area contributed by atoms with Gasteiger partial charge in [-0.3, -0.25) is 4.79 Å². The number of nitrogens with one attached hydrogen (secondary N) is 1. The number of hydrogen-bond donors (Lipinski definition) is 1. The van der Waals surface area contributed by atoms with Crippen molar-refractivity contribution < 1.29 is 18.3 Å². The molecule has 0 radical (unpaired) electrons. The fraction of sp³-hybridized carbons (Fsp3) is 0.222. The molecule has 0 saturated heterocycles. The summed E-state index contributed by atoms with van der Waals surface area (Å²) in [6.45, 7) is 1.49. The number of benzene rings is 1. The minimum atomic E-state index is -0.813. The van der Waals surface area contributed by atoms with Crippen LogP contribution in [0.25, 0.3) is 0 Å². The number of hydrogen-bond acceptors (Lipinski definition) is 2. The molecule has 1 aromatic rings. The van der Waals surface area contributed by atoms with Gasteiger partial charge in [0.25, 0.3) is 5.91 Å². The highest BCUT2D eigenvalue weighted by atomic mass is 19.1. The van der Waals surface area contributed by atoms with Crippen molar-refractivity contribution in [2.45, 2.75) is 13.0 Å². The molecule has 0 saturated carbocycles. The van der Waals surface area contributed by atoms with Crippen LogP contribution in [-0.2, 0) is 4.79 Å². The first-order valence-corrected chi connectivity index (χ1v) is 4.04. The zero-order chi connectivity index (χ0) is 10.3. The van der Waals surface area contributed by atoms with Crippen molar-refractivity contribution in [3.05, 3.63) is 23.8 Å². The van der Waals surface area contributed by atoms with E-state index >= 15 is 0 Å². The second-order valence-electron chi connectivity index (χ2n) is 3.01. The van der Waals surface area contributed by atoms with E-state index in [9.17, 15) is 13.6 Å². The van der Waals surface area contributed by atoms with Gasteiger partial charge in [0.05, 0.1) is 5.69 Å². The molecule has 1 unspecified atom stereocenters. The smallest absolute Gasteiger partial charge is 0.265 e. The van der Waals surface area contributed by atoms with Gasteiger partial charge in [-0.15, -0.1) is 0 Å². The summed E-state index contributed by atoms with van der Waals surface area (Å²) in [6.07, 6.45) is -0.762. The SMILES string of the molecule is CC1Oc2c(F)cc(F)cc2NC1=O. The van der Waals surface area contributed by atoms with Crippen LogP contribution in [0.3, 0.4) is 0 Å². The number of rotatable bonds is 0. The second kappa shape index (κ2) is 2.94. The van der Waals surface area contributed by atoms with E-state index in [1.165, 1.54) is 6.92 Å². The summed E-state index contributed by atoms with van der Waals surface area (Å²) in [5, 5.41) is 2.35. The van der Waals surface area contributed by atoms with Crippen molar-refractivity contribution in [3.63, 3.8) is 0 Å². The van der Waals surface area contributed by atoms with Crippen molar-refractivity contribution in [3.8, 4) is 5.75 Å². The number of halogens is 2. The monoisotopic (exact) mass is 199 g/mol. The highest BCUT2D eigenvalue weighted by Crippen LogP contribution is 2.32.